The molecule has 0 aromatic rings. The Labute approximate surface area is 70.3 Å². The van der Waals surface area contributed by atoms with Gasteiger partial charge >= 0.3 is 0 Å². The van der Waals surface area contributed by atoms with Crippen molar-refractivity contribution in [2.24, 2.45) is 5.10 Å². The minimum atomic E-state index is -3.55. The van der Waals surface area contributed by atoms with E-state index >= 15 is 0 Å². The molecule has 1 rings (SSSR count). The van der Waals surface area contributed by atoms with Crippen molar-refractivity contribution in [1.82, 2.24) is 5.01 Å². The summed E-state index contributed by atoms with van der Waals surface area (Å²) in [4.78, 5) is 0. The number of hydrazone groups is 1. The molecule has 1 aliphatic heterocycles. The average molecular weight is 197 g/mol. The number of hydrogen-bond acceptors (Lipinski definition) is 4. The fraction of sp³-hybridized carbons (Fsp3) is 0.800. The van der Waals surface area contributed by atoms with Gasteiger partial charge in [-0.15, -0.1) is 0 Å². The monoisotopic (exact) mass is 196 g/mol. The van der Waals surface area contributed by atoms with Crippen LogP contribution in [0.5, 0.6) is 0 Å². The second-order valence-electron chi connectivity index (χ2n) is 2.81. The van der Waals surface area contributed by atoms with Crippen LogP contribution in [-0.2, 0) is 9.05 Å². The predicted octanol–water partition coefficient (Wildman–Crippen LogP) is 0.245. The van der Waals surface area contributed by atoms with Crippen LogP contribution in [0.25, 0.3) is 0 Å². The Kier molecular flexibility index (Phi) is 1.88. The van der Waals surface area contributed by atoms with Gasteiger partial charge in [0.2, 0.25) is 9.05 Å². The summed E-state index contributed by atoms with van der Waals surface area (Å²) in [5, 5.41) is 5.34. The van der Waals surface area contributed by atoms with Crippen molar-refractivity contribution in [3.8, 4) is 0 Å². The summed E-state index contributed by atoms with van der Waals surface area (Å²) in [7, 11) is 3.34. The quantitative estimate of drug-likeness (QED) is 0.565. The Morgan fingerprint density at radius 2 is 2.27 bits per heavy atom. The maximum atomic E-state index is 10.9. The normalized spacial score (nSPS) is 31.4. The van der Waals surface area contributed by atoms with E-state index in [1.807, 2.05) is 0 Å². The standard InChI is InChI=1S/C5H9ClN2O2S/c1-5(11(6,9)10)3-7-8(2)4-5/h3H,4H2,1-2H3. The zero-order valence-electron chi connectivity index (χ0n) is 6.28. The van der Waals surface area contributed by atoms with Crippen molar-refractivity contribution < 1.29 is 8.42 Å². The summed E-state index contributed by atoms with van der Waals surface area (Å²) in [5.74, 6) is 0. The van der Waals surface area contributed by atoms with Crippen LogP contribution in [0.3, 0.4) is 0 Å². The van der Waals surface area contributed by atoms with Crippen molar-refractivity contribution in [2.45, 2.75) is 11.7 Å². The molecule has 1 heterocycles. The van der Waals surface area contributed by atoms with Crippen LogP contribution in [0.15, 0.2) is 5.10 Å². The van der Waals surface area contributed by atoms with Crippen LogP contribution in [0.2, 0.25) is 0 Å². The van der Waals surface area contributed by atoms with Gasteiger partial charge in [0.05, 0.1) is 6.54 Å². The molecule has 1 unspecified atom stereocenters. The highest BCUT2D eigenvalue weighted by atomic mass is 35.7. The molecule has 0 aromatic carbocycles. The lowest BCUT2D eigenvalue weighted by Gasteiger charge is -2.16. The first-order chi connectivity index (χ1) is 4.85. The molecule has 0 radical (unpaired) electrons. The summed E-state index contributed by atoms with van der Waals surface area (Å²) in [6.45, 7) is 1.86. The van der Waals surface area contributed by atoms with E-state index in [1.54, 1.807) is 19.0 Å². The molecule has 0 saturated carbocycles. The zero-order valence-corrected chi connectivity index (χ0v) is 7.85. The van der Waals surface area contributed by atoms with E-state index in [9.17, 15) is 8.42 Å². The van der Waals surface area contributed by atoms with Crippen LogP contribution >= 0.6 is 10.7 Å². The van der Waals surface area contributed by atoms with E-state index in [1.165, 1.54) is 6.21 Å². The topological polar surface area (TPSA) is 49.7 Å². The molecule has 0 spiro atoms. The van der Waals surface area contributed by atoms with E-state index in [0.717, 1.165) is 0 Å². The molecule has 64 valence electrons. The minimum Gasteiger partial charge on any atom is -0.298 e. The molecular weight excluding hydrogens is 188 g/mol. The van der Waals surface area contributed by atoms with Crippen LogP contribution in [0.1, 0.15) is 6.92 Å². The van der Waals surface area contributed by atoms with Crippen molar-refractivity contribution in [1.29, 1.82) is 0 Å². The molecular formula is C5H9ClN2O2S. The first-order valence-corrected chi connectivity index (χ1v) is 5.36. The third-order valence-corrected chi connectivity index (χ3v) is 4.03. The molecule has 0 aliphatic carbocycles. The summed E-state index contributed by atoms with van der Waals surface area (Å²) in [6.07, 6.45) is 1.36. The first kappa shape index (κ1) is 8.80. The Morgan fingerprint density at radius 3 is 2.45 bits per heavy atom. The second-order valence-corrected chi connectivity index (χ2v) is 5.84. The Balaban J connectivity index is 2.98. The van der Waals surface area contributed by atoms with Gasteiger partial charge < -0.3 is 0 Å². The van der Waals surface area contributed by atoms with E-state index in [2.05, 4.69) is 5.10 Å². The average Bonchev–Trinajstić information content (AvgIpc) is 2.10. The van der Waals surface area contributed by atoms with Crippen molar-refractivity contribution in [3.63, 3.8) is 0 Å². The van der Waals surface area contributed by atoms with Gasteiger partial charge in [0.25, 0.3) is 0 Å². The van der Waals surface area contributed by atoms with Gasteiger partial charge in [0.1, 0.15) is 4.75 Å². The molecule has 4 nitrogen and oxygen atoms in total. The van der Waals surface area contributed by atoms with Crippen molar-refractivity contribution >= 4 is 25.9 Å². The highest BCUT2D eigenvalue weighted by Crippen LogP contribution is 2.24. The molecule has 0 aromatic heterocycles. The van der Waals surface area contributed by atoms with Gasteiger partial charge in [-0.3, -0.25) is 5.01 Å². The van der Waals surface area contributed by atoms with Crippen LogP contribution in [0, 0.1) is 0 Å². The Morgan fingerprint density at radius 1 is 1.73 bits per heavy atom. The van der Waals surface area contributed by atoms with E-state index in [0.29, 0.717) is 6.54 Å². The van der Waals surface area contributed by atoms with Gasteiger partial charge in [-0.05, 0) is 6.92 Å². The van der Waals surface area contributed by atoms with Crippen molar-refractivity contribution in [2.75, 3.05) is 13.6 Å². The van der Waals surface area contributed by atoms with Gasteiger partial charge in [-0.2, -0.15) is 5.10 Å². The van der Waals surface area contributed by atoms with Crippen LogP contribution < -0.4 is 0 Å². The van der Waals surface area contributed by atoms with E-state index in [-0.39, 0.29) is 0 Å². The predicted molar refractivity (Wildman–Crippen MR) is 44.3 cm³/mol. The molecule has 1 atom stereocenters. The fourth-order valence-electron chi connectivity index (χ4n) is 0.897. The number of rotatable bonds is 1. The van der Waals surface area contributed by atoms with Crippen molar-refractivity contribution in [3.05, 3.63) is 0 Å². The molecule has 11 heavy (non-hydrogen) atoms. The van der Waals surface area contributed by atoms with Gasteiger partial charge in [-0.25, -0.2) is 8.42 Å². The van der Waals surface area contributed by atoms with E-state index < -0.39 is 13.8 Å². The third kappa shape index (κ3) is 1.49. The fourth-order valence-corrected chi connectivity index (χ4v) is 1.68. The molecule has 0 saturated heterocycles. The summed E-state index contributed by atoms with van der Waals surface area (Å²) >= 11 is 0. The minimum absolute atomic E-state index is 0.318. The number of halogens is 1. The zero-order chi connectivity index (χ0) is 8.70. The lowest BCUT2D eigenvalue weighted by atomic mass is 10.2. The van der Waals surface area contributed by atoms with Gasteiger partial charge in [-0.1, -0.05) is 0 Å². The lowest BCUT2D eigenvalue weighted by Crippen LogP contribution is -2.37. The number of nitrogens with zero attached hydrogens (tertiary/aromatic N) is 2. The largest absolute Gasteiger partial charge is 0.298 e. The van der Waals surface area contributed by atoms with E-state index in [4.69, 9.17) is 10.7 Å². The van der Waals surface area contributed by atoms with Crippen LogP contribution in [-0.4, -0.2) is 38.0 Å². The SMILES string of the molecule is CN1CC(C)(S(=O)(=O)Cl)C=N1. The molecule has 0 amide bonds. The lowest BCUT2D eigenvalue weighted by molar-refractivity contribution is 0.372. The Hall–Kier alpha value is -0.290. The highest BCUT2D eigenvalue weighted by Gasteiger charge is 2.40. The molecule has 1 aliphatic rings. The maximum Gasteiger partial charge on any atom is 0.245 e. The molecule has 0 bridgehead atoms. The van der Waals surface area contributed by atoms with Gasteiger partial charge in [0, 0.05) is 23.9 Å². The van der Waals surface area contributed by atoms with Gasteiger partial charge in [0.15, 0.2) is 0 Å². The highest BCUT2D eigenvalue weighted by molar-refractivity contribution is 8.15. The Bertz CT molecular complexity index is 287. The molecule has 0 fully saturated rings. The second kappa shape index (κ2) is 2.35. The third-order valence-electron chi connectivity index (χ3n) is 1.63. The summed E-state index contributed by atoms with van der Waals surface area (Å²) < 4.78 is 20.9. The maximum absolute atomic E-state index is 10.9. The number of hydrogen-bond donors (Lipinski definition) is 0. The molecule has 0 N–H and O–H groups in total. The molecule has 6 heteroatoms. The summed E-state index contributed by atoms with van der Waals surface area (Å²) in [5.41, 5.74) is 0. The van der Waals surface area contributed by atoms with Crippen LogP contribution in [0.4, 0.5) is 0 Å². The smallest absolute Gasteiger partial charge is 0.245 e. The summed E-state index contributed by atoms with van der Waals surface area (Å²) in [6, 6.07) is 0. The first-order valence-electron chi connectivity index (χ1n) is 3.06.